The fraction of sp³-hybridized carbons (Fsp3) is 0.160. The van der Waals surface area contributed by atoms with Crippen LogP contribution >= 0.6 is 23.2 Å². The van der Waals surface area contributed by atoms with Gasteiger partial charge in [-0.05, 0) is 35.0 Å². The van der Waals surface area contributed by atoms with Crippen LogP contribution < -0.4 is 16.3 Å². The zero-order valence-corrected chi connectivity index (χ0v) is 20.6. The first kappa shape index (κ1) is 27.6. The van der Waals surface area contributed by atoms with Crippen molar-refractivity contribution in [1.29, 1.82) is 0 Å². The van der Waals surface area contributed by atoms with Crippen molar-refractivity contribution in [1.82, 2.24) is 16.3 Å². The van der Waals surface area contributed by atoms with Gasteiger partial charge < -0.3 is 5.32 Å². The van der Waals surface area contributed by atoms with Crippen LogP contribution in [0.25, 0.3) is 16.5 Å². The molecule has 6 nitrogen and oxygen atoms in total. The maximum atomic E-state index is 14.4. The lowest BCUT2D eigenvalue weighted by Gasteiger charge is -2.28. The summed E-state index contributed by atoms with van der Waals surface area (Å²) in [7, 11) is 0. The zero-order valence-electron chi connectivity index (χ0n) is 19.1. The Kier molecular flexibility index (Phi) is 8.12. The second-order valence-electron chi connectivity index (χ2n) is 7.92. The molecule has 0 fully saturated rings. The number of hydrogen-bond acceptors (Lipinski definition) is 5. The third-order valence-corrected chi connectivity index (χ3v) is 6.14. The molecule has 38 heavy (non-hydrogen) atoms. The van der Waals surface area contributed by atoms with Gasteiger partial charge in [-0.1, -0.05) is 53.5 Å². The Morgan fingerprint density at radius 3 is 2.42 bits per heavy atom. The molecule has 1 aliphatic heterocycles. The maximum Gasteiger partial charge on any atom is 0.428 e. The quantitative estimate of drug-likeness (QED) is 0.127. The summed E-state index contributed by atoms with van der Waals surface area (Å²) in [6.07, 6.45) is -1.69. The summed E-state index contributed by atoms with van der Waals surface area (Å²) in [5, 5.41) is 2.21. The molecule has 0 aliphatic carbocycles. The topological polar surface area (TPSA) is 71.6 Å². The number of nitrogens with one attached hydrogen (secondary N) is 3. The Morgan fingerprint density at radius 2 is 1.76 bits per heavy atom. The van der Waals surface area contributed by atoms with Crippen molar-refractivity contribution in [3.8, 4) is 0 Å². The number of carbonyl (C=O) groups is 1. The lowest BCUT2D eigenvalue weighted by molar-refractivity contribution is -0.269. The van der Waals surface area contributed by atoms with E-state index in [1.54, 1.807) is 24.3 Å². The van der Waals surface area contributed by atoms with Gasteiger partial charge >= 0.3 is 6.18 Å². The third-order valence-electron chi connectivity index (χ3n) is 5.59. The molecule has 3 aromatic carbocycles. The third kappa shape index (κ3) is 5.28. The number of carbonyl (C=O) groups excluding carboxylic acids is 1. The summed E-state index contributed by atoms with van der Waals surface area (Å²) in [5.74, 6) is -1.57. The molecule has 1 amide bonds. The first-order valence-corrected chi connectivity index (χ1v) is 11.6. The fourth-order valence-corrected chi connectivity index (χ4v) is 4.34. The van der Waals surface area contributed by atoms with Crippen molar-refractivity contribution in [2.45, 2.75) is 11.8 Å². The van der Waals surface area contributed by atoms with Crippen LogP contribution in [0, 0.1) is 5.82 Å². The number of fused-ring (bicyclic) bond motifs is 1. The Hall–Kier alpha value is -3.38. The second-order valence-corrected chi connectivity index (χ2v) is 8.73. The fourth-order valence-electron chi connectivity index (χ4n) is 3.85. The van der Waals surface area contributed by atoms with Crippen LogP contribution in [0.5, 0.6) is 0 Å². The minimum atomic E-state index is -4.99. The molecule has 0 saturated heterocycles. The molecule has 0 saturated carbocycles. The largest absolute Gasteiger partial charge is 0.428 e. The van der Waals surface area contributed by atoms with Crippen LogP contribution in [0.4, 0.5) is 22.0 Å². The summed E-state index contributed by atoms with van der Waals surface area (Å²) >= 11 is 11.5. The van der Waals surface area contributed by atoms with Crippen LogP contribution in [0.3, 0.4) is 0 Å². The number of alkyl halides is 4. The first-order valence-electron chi connectivity index (χ1n) is 10.9. The van der Waals surface area contributed by atoms with Gasteiger partial charge in [0.25, 0.3) is 5.91 Å². The molecule has 13 heteroatoms. The predicted octanol–water partition coefficient (Wildman–Crippen LogP) is 6.31. The summed E-state index contributed by atoms with van der Waals surface area (Å²) in [4.78, 5) is 22.5. The highest BCUT2D eigenvalue weighted by atomic mass is 35.5. The Morgan fingerprint density at radius 1 is 1.08 bits per heavy atom. The number of hydroxylamine groups is 2. The van der Waals surface area contributed by atoms with Crippen molar-refractivity contribution in [2.75, 3.05) is 13.3 Å². The lowest BCUT2D eigenvalue weighted by atomic mass is 9.90. The van der Waals surface area contributed by atoms with Gasteiger partial charge in [-0.15, -0.1) is 0 Å². The Bertz CT molecular complexity index is 1410. The van der Waals surface area contributed by atoms with Crippen LogP contribution in [0.2, 0.25) is 10.0 Å². The van der Waals surface area contributed by atoms with Gasteiger partial charge in [0.2, 0.25) is 5.60 Å². The normalized spacial score (nSPS) is 17.5. The molecule has 4 rings (SSSR count). The van der Waals surface area contributed by atoms with E-state index in [0.717, 1.165) is 18.2 Å². The Balaban J connectivity index is 1.73. The average Bonchev–Trinajstić information content (AvgIpc) is 3.35. The molecule has 200 valence electrons. The van der Waals surface area contributed by atoms with E-state index in [1.165, 1.54) is 24.5 Å². The van der Waals surface area contributed by atoms with Crippen molar-refractivity contribution < 1.29 is 36.4 Å². The summed E-state index contributed by atoms with van der Waals surface area (Å²) in [6, 6.07) is 11.1. The maximum absolute atomic E-state index is 14.4. The molecule has 1 unspecified atom stereocenters. The number of halogens is 7. The van der Waals surface area contributed by atoms with Crippen molar-refractivity contribution >= 4 is 45.6 Å². The van der Waals surface area contributed by atoms with Crippen LogP contribution in [-0.4, -0.2) is 25.4 Å². The van der Waals surface area contributed by atoms with Crippen molar-refractivity contribution in [3.05, 3.63) is 99.6 Å². The summed E-state index contributed by atoms with van der Waals surface area (Å²) < 4.78 is 69.1. The highest BCUT2D eigenvalue weighted by Gasteiger charge is 2.60. The molecule has 3 N–H and O–H groups in total. The van der Waals surface area contributed by atoms with Crippen LogP contribution in [0.15, 0.2) is 67.0 Å². The van der Waals surface area contributed by atoms with Gasteiger partial charge in [-0.3, -0.25) is 25.4 Å². The molecule has 3 aromatic rings. The standard InChI is InChI=1S/C25H18Cl2F5N3O3/c26-19-11-14(12-20(27)22(19)29)24(25(30,31)32)13-21(35-38-24)17-5-6-18(16-4-2-1-3-15(16)17)23(36)33-8-9-34-37-10-7-28/h1-6,8-9,11-13,34-35H,7,10H2,(H,33,36). The number of hydrogen-bond donors (Lipinski definition) is 3. The van der Waals surface area contributed by atoms with E-state index in [-0.39, 0.29) is 17.9 Å². The SMILES string of the molecule is O=C(NC=CNOCCF)c1ccc(C2=CC(c3cc(Cl)c(F)c(Cl)c3)(C(F)(F)F)ON2)c2ccccc12. The average molecular weight is 574 g/mol. The molecule has 0 bridgehead atoms. The van der Waals surface area contributed by atoms with Gasteiger partial charge in [0.05, 0.1) is 15.7 Å². The van der Waals surface area contributed by atoms with Gasteiger partial charge in [0.1, 0.15) is 13.3 Å². The zero-order chi connectivity index (χ0) is 27.5. The van der Waals surface area contributed by atoms with E-state index in [1.807, 2.05) is 0 Å². The molecule has 1 aliphatic rings. The second kappa shape index (κ2) is 11.2. The molecule has 0 spiro atoms. The smallest absolute Gasteiger partial charge is 0.327 e. The Labute approximate surface area is 222 Å². The van der Waals surface area contributed by atoms with E-state index < -0.39 is 45.8 Å². The molecular formula is C25H18Cl2F5N3O3. The van der Waals surface area contributed by atoms with E-state index >= 15 is 0 Å². The molecule has 1 heterocycles. The van der Waals surface area contributed by atoms with E-state index in [9.17, 15) is 26.7 Å². The first-order chi connectivity index (χ1) is 18.1. The van der Waals surface area contributed by atoms with Crippen LogP contribution in [-0.2, 0) is 15.3 Å². The monoisotopic (exact) mass is 573 g/mol. The molecule has 1 atom stereocenters. The lowest BCUT2D eigenvalue weighted by Crippen LogP contribution is -2.42. The summed E-state index contributed by atoms with van der Waals surface area (Å²) in [6.45, 7) is -0.855. The number of rotatable bonds is 8. The van der Waals surface area contributed by atoms with Gasteiger partial charge in [0, 0.05) is 29.1 Å². The van der Waals surface area contributed by atoms with Crippen molar-refractivity contribution in [3.63, 3.8) is 0 Å². The summed E-state index contributed by atoms with van der Waals surface area (Å²) in [5.41, 5.74) is 1.59. The molecular weight excluding hydrogens is 556 g/mol. The van der Waals surface area contributed by atoms with E-state index in [2.05, 4.69) is 16.3 Å². The van der Waals surface area contributed by atoms with Crippen molar-refractivity contribution in [2.24, 2.45) is 0 Å². The van der Waals surface area contributed by atoms with Gasteiger partial charge in [-0.25, -0.2) is 8.78 Å². The van der Waals surface area contributed by atoms with Gasteiger partial charge in [-0.2, -0.15) is 13.2 Å². The minimum Gasteiger partial charge on any atom is -0.327 e. The number of amides is 1. The highest BCUT2D eigenvalue weighted by molar-refractivity contribution is 6.35. The van der Waals surface area contributed by atoms with E-state index in [4.69, 9.17) is 32.9 Å². The highest BCUT2D eigenvalue weighted by Crippen LogP contribution is 2.49. The number of benzene rings is 3. The van der Waals surface area contributed by atoms with Crippen LogP contribution in [0.1, 0.15) is 21.5 Å². The minimum absolute atomic E-state index is 0.0452. The molecule has 0 radical (unpaired) electrons. The molecule has 0 aromatic heterocycles. The van der Waals surface area contributed by atoms with Gasteiger partial charge in [0.15, 0.2) is 5.82 Å². The van der Waals surface area contributed by atoms with E-state index in [0.29, 0.717) is 16.3 Å². The predicted molar refractivity (Wildman–Crippen MR) is 132 cm³/mol.